The van der Waals surface area contributed by atoms with E-state index in [9.17, 15) is 9.18 Å². The van der Waals surface area contributed by atoms with Gasteiger partial charge in [0.25, 0.3) is 0 Å². The van der Waals surface area contributed by atoms with Crippen molar-refractivity contribution in [3.8, 4) is 6.07 Å². The molecule has 0 fully saturated rings. The third-order valence-electron chi connectivity index (χ3n) is 1.99. The lowest BCUT2D eigenvalue weighted by Crippen LogP contribution is -2.11. The number of rotatable bonds is 3. The first kappa shape index (κ1) is 12.5. The molecular formula is C11H9ClFNO2. The number of benzene rings is 1. The Hall–Kier alpha value is -1.60. The number of esters is 1. The summed E-state index contributed by atoms with van der Waals surface area (Å²) in [4.78, 5) is 11.6. The van der Waals surface area contributed by atoms with Gasteiger partial charge in [-0.3, -0.25) is 0 Å². The van der Waals surface area contributed by atoms with Crippen molar-refractivity contribution in [2.75, 3.05) is 6.61 Å². The molecule has 1 aromatic rings. The average molecular weight is 242 g/mol. The number of hydrogen-bond donors (Lipinski definition) is 0. The molecular weight excluding hydrogens is 233 g/mol. The number of nitrogens with zero attached hydrogens (tertiary/aromatic N) is 1. The van der Waals surface area contributed by atoms with Crippen molar-refractivity contribution >= 4 is 17.6 Å². The van der Waals surface area contributed by atoms with Crippen molar-refractivity contribution in [1.82, 2.24) is 0 Å². The summed E-state index contributed by atoms with van der Waals surface area (Å²) >= 11 is 5.55. The van der Waals surface area contributed by atoms with E-state index in [0.717, 1.165) is 6.07 Å². The minimum atomic E-state index is -0.728. The summed E-state index contributed by atoms with van der Waals surface area (Å²) in [5.41, 5.74) is -0.0194. The Balaban J connectivity index is 3.37. The van der Waals surface area contributed by atoms with E-state index in [-0.39, 0.29) is 29.2 Å². The molecule has 0 heterocycles. The Kier molecular flexibility index (Phi) is 4.27. The van der Waals surface area contributed by atoms with Gasteiger partial charge in [-0.2, -0.15) is 5.26 Å². The van der Waals surface area contributed by atoms with Gasteiger partial charge in [0.05, 0.1) is 23.6 Å². The normalized spacial score (nSPS) is 9.62. The first-order valence-corrected chi connectivity index (χ1v) is 5.13. The summed E-state index contributed by atoms with van der Waals surface area (Å²) < 4.78 is 18.1. The largest absolute Gasteiger partial charge is 0.462 e. The highest BCUT2D eigenvalue weighted by Crippen LogP contribution is 2.21. The fraction of sp³-hybridized carbons (Fsp3) is 0.273. The SMILES string of the molecule is CCOC(=O)c1c(C#N)ccc(F)c1CCl. The van der Waals surface area contributed by atoms with Crippen LogP contribution in [0.1, 0.15) is 28.4 Å². The molecule has 16 heavy (non-hydrogen) atoms. The fourth-order valence-corrected chi connectivity index (χ4v) is 1.54. The lowest BCUT2D eigenvalue weighted by molar-refractivity contribution is 0.0524. The topological polar surface area (TPSA) is 50.1 Å². The Morgan fingerprint density at radius 2 is 2.31 bits per heavy atom. The third-order valence-corrected chi connectivity index (χ3v) is 2.26. The van der Waals surface area contributed by atoms with Crippen LogP contribution in [0.2, 0.25) is 0 Å². The van der Waals surface area contributed by atoms with Crippen molar-refractivity contribution in [2.24, 2.45) is 0 Å². The first-order valence-electron chi connectivity index (χ1n) is 4.60. The molecule has 0 saturated heterocycles. The van der Waals surface area contributed by atoms with Crippen molar-refractivity contribution in [1.29, 1.82) is 5.26 Å². The first-order chi connectivity index (χ1) is 7.65. The number of hydrogen-bond acceptors (Lipinski definition) is 3. The smallest absolute Gasteiger partial charge is 0.339 e. The monoisotopic (exact) mass is 241 g/mol. The average Bonchev–Trinajstić information content (AvgIpc) is 2.28. The molecule has 0 bridgehead atoms. The number of alkyl halides is 1. The van der Waals surface area contributed by atoms with Gasteiger partial charge in [0.15, 0.2) is 0 Å². The molecule has 0 radical (unpaired) electrons. The van der Waals surface area contributed by atoms with E-state index in [1.807, 2.05) is 6.07 Å². The zero-order valence-electron chi connectivity index (χ0n) is 8.59. The predicted octanol–water partition coefficient (Wildman–Crippen LogP) is 2.61. The van der Waals surface area contributed by atoms with Gasteiger partial charge in [-0.25, -0.2) is 9.18 Å². The maximum atomic E-state index is 13.4. The third kappa shape index (κ3) is 2.31. The van der Waals surface area contributed by atoms with E-state index in [4.69, 9.17) is 21.6 Å². The molecule has 0 spiro atoms. The maximum Gasteiger partial charge on any atom is 0.339 e. The van der Waals surface area contributed by atoms with Crippen LogP contribution in [0, 0.1) is 17.1 Å². The second kappa shape index (κ2) is 5.47. The number of carbonyl (C=O) groups excluding carboxylic acids is 1. The lowest BCUT2D eigenvalue weighted by atomic mass is 10.0. The van der Waals surface area contributed by atoms with Crippen LogP contribution < -0.4 is 0 Å². The molecule has 0 aliphatic rings. The van der Waals surface area contributed by atoms with E-state index < -0.39 is 11.8 Å². The van der Waals surface area contributed by atoms with Crippen molar-refractivity contribution < 1.29 is 13.9 Å². The van der Waals surface area contributed by atoms with Gasteiger partial charge in [-0.1, -0.05) is 0 Å². The summed E-state index contributed by atoms with van der Waals surface area (Å²) in [6.45, 7) is 1.78. The molecule has 0 saturated carbocycles. The number of ether oxygens (including phenoxy) is 1. The Bertz CT molecular complexity index is 454. The molecule has 84 valence electrons. The second-order valence-electron chi connectivity index (χ2n) is 2.91. The minimum absolute atomic E-state index is 0.000772. The summed E-state index contributed by atoms with van der Waals surface area (Å²) in [6.07, 6.45) is 0. The summed E-state index contributed by atoms with van der Waals surface area (Å²) in [6, 6.07) is 4.15. The molecule has 5 heteroatoms. The van der Waals surface area contributed by atoms with E-state index in [1.165, 1.54) is 6.07 Å². The molecule has 0 aromatic heterocycles. The summed E-state index contributed by atoms with van der Waals surface area (Å²) in [5.74, 6) is -1.53. The quantitative estimate of drug-likeness (QED) is 0.604. The van der Waals surface area contributed by atoms with Gasteiger partial charge >= 0.3 is 5.97 Å². The van der Waals surface area contributed by atoms with E-state index in [1.54, 1.807) is 6.92 Å². The second-order valence-corrected chi connectivity index (χ2v) is 3.18. The molecule has 0 aliphatic carbocycles. The Morgan fingerprint density at radius 1 is 1.62 bits per heavy atom. The highest BCUT2D eigenvalue weighted by atomic mass is 35.5. The van der Waals surface area contributed by atoms with E-state index in [2.05, 4.69) is 0 Å². The van der Waals surface area contributed by atoms with Gasteiger partial charge in [0.1, 0.15) is 11.9 Å². The lowest BCUT2D eigenvalue weighted by Gasteiger charge is -2.09. The zero-order valence-corrected chi connectivity index (χ0v) is 9.34. The van der Waals surface area contributed by atoms with E-state index in [0.29, 0.717) is 0 Å². The van der Waals surface area contributed by atoms with E-state index >= 15 is 0 Å². The molecule has 0 aliphatic heterocycles. The van der Waals surface area contributed by atoms with Crippen molar-refractivity contribution in [3.05, 3.63) is 34.6 Å². The highest BCUT2D eigenvalue weighted by Gasteiger charge is 2.20. The highest BCUT2D eigenvalue weighted by molar-refractivity contribution is 6.17. The molecule has 1 aromatic carbocycles. The van der Waals surface area contributed by atoms with Gasteiger partial charge in [-0.15, -0.1) is 11.6 Å². The van der Waals surface area contributed by atoms with Gasteiger partial charge in [0, 0.05) is 5.56 Å². The minimum Gasteiger partial charge on any atom is -0.462 e. The van der Waals surface area contributed by atoms with Crippen LogP contribution in [0.15, 0.2) is 12.1 Å². The van der Waals surface area contributed by atoms with Gasteiger partial charge in [0.2, 0.25) is 0 Å². The van der Waals surface area contributed by atoms with Gasteiger partial charge < -0.3 is 4.74 Å². The Morgan fingerprint density at radius 3 is 2.81 bits per heavy atom. The molecule has 3 nitrogen and oxygen atoms in total. The number of carbonyl (C=O) groups is 1. The van der Waals surface area contributed by atoms with Crippen LogP contribution in [0.5, 0.6) is 0 Å². The van der Waals surface area contributed by atoms with Crippen LogP contribution in [0.3, 0.4) is 0 Å². The summed E-state index contributed by atoms with van der Waals surface area (Å²) in [5, 5.41) is 8.82. The molecule has 0 atom stereocenters. The molecule has 0 amide bonds. The van der Waals surface area contributed by atoms with Crippen LogP contribution in [-0.4, -0.2) is 12.6 Å². The predicted molar refractivity (Wildman–Crippen MR) is 56.6 cm³/mol. The van der Waals surface area contributed by atoms with Crippen LogP contribution in [-0.2, 0) is 10.6 Å². The maximum absolute atomic E-state index is 13.4. The molecule has 0 unspecified atom stereocenters. The van der Waals surface area contributed by atoms with Gasteiger partial charge in [-0.05, 0) is 19.1 Å². The summed E-state index contributed by atoms with van der Waals surface area (Å²) in [7, 11) is 0. The van der Waals surface area contributed by atoms with Crippen LogP contribution in [0.4, 0.5) is 4.39 Å². The number of halogens is 2. The number of nitriles is 1. The fourth-order valence-electron chi connectivity index (χ4n) is 1.28. The zero-order chi connectivity index (χ0) is 12.1. The van der Waals surface area contributed by atoms with Crippen LogP contribution in [0.25, 0.3) is 0 Å². The Labute approximate surface area is 97.4 Å². The standard InChI is InChI=1S/C11H9ClFNO2/c1-2-16-11(15)10-7(6-14)3-4-9(13)8(10)5-12/h3-4H,2,5H2,1H3. The van der Waals surface area contributed by atoms with Crippen molar-refractivity contribution in [3.63, 3.8) is 0 Å². The van der Waals surface area contributed by atoms with Crippen LogP contribution >= 0.6 is 11.6 Å². The van der Waals surface area contributed by atoms with Crippen molar-refractivity contribution in [2.45, 2.75) is 12.8 Å². The molecule has 0 N–H and O–H groups in total. The molecule has 1 rings (SSSR count).